The first kappa shape index (κ1) is 17.2. The molecule has 0 unspecified atom stereocenters. The summed E-state index contributed by atoms with van der Waals surface area (Å²) in [5.74, 6) is -0.442. The first-order valence-corrected chi connectivity index (χ1v) is 8.07. The molecule has 0 saturated heterocycles. The third kappa shape index (κ3) is 3.72. The molecule has 0 radical (unpaired) electrons. The van der Waals surface area contributed by atoms with Crippen molar-refractivity contribution in [2.75, 3.05) is 17.7 Å². The lowest BCUT2D eigenvalue weighted by Crippen LogP contribution is -2.06. The van der Waals surface area contributed by atoms with Gasteiger partial charge < -0.3 is 15.4 Å². The molecule has 10 nitrogen and oxygen atoms in total. The summed E-state index contributed by atoms with van der Waals surface area (Å²) in [5.41, 5.74) is 0.556. The second kappa shape index (κ2) is 7.53. The first-order valence-electron chi connectivity index (χ1n) is 7.20. The molecule has 0 fully saturated rings. The molecule has 11 heteroatoms. The third-order valence-corrected chi connectivity index (χ3v) is 3.92. The molecule has 0 spiro atoms. The summed E-state index contributed by atoms with van der Waals surface area (Å²) in [6, 6.07) is 6.25. The van der Waals surface area contributed by atoms with Crippen LogP contribution in [-0.4, -0.2) is 33.0 Å². The number of hydrogen-bond donors (Lipinski definition) is 2. The smallest absolute Gasteiger partial charge is 0.353 e. The van der Waals surface area contributed by atoms with Crippen LogP contribution in [0.4, 0.5) is 28.1 Å². The second-order valence-corrected chi connectivity index (χ2v) is 5.73. The van der Waals surface area contributed by atoms with E-state index in [1.165, 1.54) is 36.9 Å². The summed E-state index contributed by atoms with van der Waals surface area (Å²) in [5, 5.41) is 19.4. The summed E-state index contributed by atoms with van der Waals surface area (Å²) >= 11 is 1.29. The van der Waals surface area contributed by atoms with Gasteiger partial charge in [0.05, 0.1) is 17.6 Å². The van der Waals surface area contributed by atoms with Crippen LogP contribution in [0.2, 0.25) is 0 Å². The van der Waals surface area contributed by atoms with E-state index in [1.807, 2.05) is 0 Å². The number of carbonyl (C=O) groups excluding carboxylic acids is 1. The van der Waals surface area contributed by atoms with E-state index in [0.717, 1.165) is 0 Å². The number of thiazole rings is 1. The van der Waals surface area contributed by atoms with Crippen LogP contribution >= 0.6 is 11.3 Å². The number of aromatic nitrogens is 3. The Morgan fingerprint density at radius 1 is 1.15 bits per heavy atom. The number of esters is 1. The molecule has 1 aromatic carbocycles. The van der Waals surface area contributed by atoms with Gasteiger partial charge in [0, 0.05) is 17.3 Å². The molecule has 2 heterocycles. The van der Waals surface area contributed by atoms with E-state index in [-0.39, 0.29) is 17.3 Å². The molecule has 0 aliphatic carbocycles. The Morgan fingerprint density at radius 2 is 1.85 bits per heavy atom. The van der Waals surface area contributed by atoms with Gasteiger partial charge in [-0.3, -0.25) is 10.1 Å². The molecule has 2 N–H and O–H groups in total. The lowest BCUT2D eigenvalue weighted by atomic mass is 10.2. The Morgan fingerprint density at radius 3 is 2.42 bits per heavy atom. The molecule has 2 aromatic heterocycles. The van der Waals surface area contributed by atoms with Gasteiger partial charge in [-0.2, -0.15) is 0 Å². The maximum Gasteiger partial charge on any atom is 0.353 e. The normalized spacial score (nSPS) is 10.2. The van der Waals surface area contributed by atoms with Crippen molar-refractivity contribution in [2.24, 2.45) is 0 Å². The van der Waals surface area contributed by atoms with Gasteiger partial charge in [-0.25, -0.2) is 19.7 Å². The van der Waals surface area contributed by atoms with Crippen molar-refractivity contribution in [1.82, 2.24) is 15.0 Å². The van der Waals surface area contributed by atoms with Gasteiger partial charge in [0.15, 0.2) is 5.13 Å². The number of nitro groups is 1. The van der Waals surface area contributed by atoms with E-state index in [4.69, 9.17) is 0 Å². The molecule has 3 rings (SSSR count). The highest BCUT2D eigenvalue weighted by Crippen LogP contribution is 2.33. The van der Waals surface area contributed by atoms with E-state index in [9.17, 15) is 14.9 Å². The van der Waals surface area contributed by atoms with Gasteiger partial charge in [-0.05, 0) is 24.3 Å². The molecule has 132 valence electrons. The summed E-state index contributed by atoms with van der Waals surface area (Å²) in [7, 11) is 1.29. The number of carbonyl (C=O) groups is 1. The number of ether oxygens (including phenoxy) is 1. The van der Waals surface area contributed by atoms with E-state index in [2.05, 4.69) is 30.3 Å². The summed E-state index contributed by atoms with van der Waals surface area (Å²) in [4.78, 5) is 34.3. The zero-order chi connectivity index (χ0) is 18.5. The van der Waals surface area contributed by atoms with Gasteiger partial charge >= 0.3 is 11.7 Å². The molecule has 0 atom stereocenters. The van der Waals surface area contributed by atoms with Crippen LogP contribution in [0.15, 0.2) is 42.2 Å². The first-order chi connectivity index (χ1) is 12.6. The zero-order valence-corrected chi connectivity index (χ0v) is 14.2. The Kier molecular flexibility index (Phi) is 4.99. The minimum atomic E-state index is -0.582. The fourth-order valence-corrected chi connectivity index (χ4v) is 2.59. The highest BCUT2D eigenvalue weighted by Gasteiger charge is 2.24. The number of rotatable bonds is 6. The van der Waals surface area contributed by atoms with E-state index in [0.29, 0.717) is 16.4 Å². The van der Waals surface area contributed by atoms with Crippen molar-refractivity contribution >= 4 is 45.4 Å². The van der Waals surface area contributed by atoms with Crippen molar-refractivity contribution in [3.05, 3.63) is 57.8 Å². The minimum absolute atomic E-state index is 0.00914. The maximum absolute atomic E-state index is 11.5. The van der Waals surface area contributed by atoms with Crippen molar-refractivity contribution in [2.45, 2.75) is 0 Å². The monoisotopic (exact) mass is 372 g/mol. The highest BCUT2D eigenvalue weighted by atomic mass is 32.1. The number of nitrogens with zero attached hydrogens (tertiary/aromatic N) is 4. The minimum Gasteiger partial charge on any atom is -0.465 e. The fraction of sp³-hybridized carbons (Fsp3) is 0.0667. The molecular formula is C15H12N6O4S. The van der Waals surface area contributed by atoms with Gasteiger partial charge in [0.2, 0.25) is 11.6 Å². The third-order valence-electron chi connectivity index (χ3n) is 3.23. The second-order valence-electron chi connectivity index (χ2n) is 4.83. The Hall–Kier alpha value is -3.60. The largest absolute Gasteiger partial charge is 0.465 e. The molecule has 0 saturated carbocycles. The predicted octanol–water partition coefficient (Wildman–Crippen LogP) is 3.12. The summed E-state index contributed by atoms with van der Waals surface area (Å²) < 4.78 is 4.63. The van der Waals surface area contributed by atoms with Crippen molar-refractivity contribution in [1.29, 1.82) is 0 Å². The lowest BCUT2D eigenvalue weighted by Gasteiger charge is -2.09. The Balaban J connectivity index is 1.89. The fourth-order valence-electron chi connectivity index (χ4n) is 2.07. The average Bonchev–Trinajstić information content (AvgIpc) is 3.14. The SMILES string of the molecule is COC(=O)c1ccc(Nc2ncnc(Nc3nccs3)c2[N+](=O)[O-])cc1. The number of methoxy groups -OCH3 is 1. The average molecular weight is 372 g/mol. The van der Waals surface area contributed by atoms with Gasteiger partial charge in [-0.1, -0.05) is 0 Å². The van der Waals surface area contributed by atoms with E-state index in [1.54, 1.807) is 23.7 Å². The molecule has 0 bridgehead atoms. The standard InChI is InChI=1S/C15H12N6O4S/c1-25-14(22)9-2-4-10(5-3-9)19-12-11(21(23)24)13(18-8-17-12)20-15-16-6-7-26-15/h2-8H,1H3,(H2,16,17,18,19,20). The highest BCUT2D eigenvalue weighted by molar-refractivity contribution is 7.13. The van der Waals surface area contributed by atoms with Crippen molar-refractivity contribution in [3.8, 4) is 0 Å². The van der Waals surface area contributed by atoms with Gasteiger partial charge in [0.1, 0.15) is 6.33 Å². The lowest BCUT2D eigenvalue weighted by molar-refractivity contribution is -0.383. The Bertz CT molecular complexity index is 930. The predicted molar refractivity (Wildman–Crippen MR) is 95.1 cm³/mol. The quantitative estimate of drug-likeness (QED) is 0.380. The molecule has 0 amide bonds. The van der Waals surface area contributed by atoms with Gasteiger partial charge in [0.25, 0.3) is 0 Å². The van der Waals surface area contributed by atoms with Crippen LogP contribution in [0.5, 0.6) is 0 Å². The summed E-state index contributed by atoms with van der Waals surface area (Å²) in [6.45, 7) is 0. The van der Waals surface area contributed by atoms with Crippen LogP contribution < -0.4 is 10.6 Å². The molecule has 0 aliphatic heterocycles. The van der Waals surface area contributed by atoms with Crippen LogP contribution in [0.3, 0.4) is 0 Å². The van der Waals surface area contributed by atoms with Crippen LogP contribution in [0.25, 0.3) is 0 Å². The topological polar surface area (TPSA) is 132 Å². The molecular weight excluding hydrogens is 360 g/mol. The van der Waals surface area contributed by atoms with Gasteiger partial charge in [-0.15, -0.1) is 11.3 Å². The molecule has 26 heavy (non-hydrogen) atoms. The van der Waals surface area contributed by atoms with E-state index < -0.39 is 10.9 Å². The number of hydrogen-bond acceptors (Lipinski definition) is 10. The number of benzene rings is 1. The Labute approximate surface area is 151 Å². The maximum atomic E-state index is 11.5. The van der Waals surface area contributed by atoms with Crippen LogP contribution in [-0.2, 0) is 4.74 Å². The molecule has 3 aromatic rings. The van der Waals surface area contributed by atoms with Crippen molar-refractivity contribution < 1.29 is 14.5 Å². The summed E-state index contributed by atoms with van der Waals surface area (Å²) in [6.07, 6.45) is 2.77. The number of nitrogens with one attached hydrogen (secondary N) is 2. The number of anilines is 4. The molecule has 0 aliphatic rings. The zero-order valence-electron chi connectivity index (χ0n) is 13.4. The van der Waals surface area contributed by atoms with Crippen molar-refractivity contribution in [3.63, 3.8) is 0 Å². The van der Waals surface area contributed by atoms with E-state index >= 15 is 0 Å². The van der Waals surface area contributed by atoms with Crippen LogP contribution in [0, 0.1) is 10.1 Å². The van der Waals surface area contributed by atoms with Crippen LogP contribution in [0.1, 0.15) is 10.4 Å².